The summed E-state index contributed by atoms with van der Waals surface area (Å²) in [5.41, 5.74) is 2.54. The Morgan fingerprint density at radius 1 is 0.886 bits per heavy atom. The average molecular weight is 550 g/mol. The summed E-state index contributed by atoms with van der Waals surface area (Å²) in [5, 5.41) is 4.57. The summed E-state index contributed by atoms with van der Waals surface area (Å²) < 4.78 is 0. The van der Waals surface area contributed by atoms with Gasteiger partial charge in [-0.2, -0.15) is 0 Å². The number of nitrogens with one attached hydrogen (secondary N) is 1. The van der Waals surface area contributed by atoms with Gasteiger partial charge in [0.05, 0.1) is 5.75 Å². The number of benzene rings is 3. The summed E-state index contributed by atoms with van der Waals surface area (Å²) in [6, 6.07) is 21.7. The fraction of sp³-hybridized carbons (Fsp3) is 0.259. The van der Waals surface area contributed by atoms with E-state index in [0.29, 0.717) is 33.8 Å². The van der Waals surface area contributed by atoms with Crippen LogP contribution in [-0.2, 0) is 28.3 Å². The molecule has 0 spiro atoms. The number of halogens is 3. The predicted octanol–water partition coefficient (Wildman–Crippen LogP) is 6.66. The zero-order chi connectivity index (χ0) is 25.2. The van der Waals surface area contributed by atoms with E-state index >= 15 is 0 Å². The molecule has 3 aromatic carbocycles. The van der Waals surface area contributed by atoms with Gasteiger partial charge in [0.1, 0.15) is 6.04 Å². The maximum atomic E-state index is 13.6. The molecule has 8 heteroatoms. The van der Waals surface area contributed by atoms with Crippen LogP contribution in [0.1, 0.15) is 23.6 Å². The quantitative estimate of drug-likeness (QED) is 0.291. The minimum Gasteiger partial charge on any atom is -0.355 e. The van der Waals surface area contributed by atoms with Gasteiger partial charge < -0.3 is 10.2 Å². The molecule has 0 saturated heterocycles. The van der Waals surface area contributed by atoms with Gasteiger partial charge in [-0.05, 0) is 41.8 Å². The Bertz CT molecular complexity index is 1120. The topological polar surface area (TPSA) is 49.4 Å². The van der Waals surface area contributed by atoms with Crippen LogP contribution in [0, 0.1) is 0 Å². The average Bonchev–Trinajstić information content (AvgIpc) is 2.85. The highest BCUT2D eigenvalue weighted by atomic mass is 35.5. The van der Waals surface area contributed by atoms with E-state index in [1.807, 2.05) is 55.5 Å². The number of hydrogen-bond donors (Lipinski definition) is 1. The van der Waals surface area contributed by atoms with Crippen molar-refractivity contribution in [2.45, 2.75) is 31.7 Å². The summed E-state index contributed by atoms with van der Waals surface area (Å²) in [6.45, 7) is 2.56. The van der Waals surface area contributed by atoms with Gasteiger partial charge in [0.25, 0.3) is 0 Å². The summed E-state index contributed by atoms with van der Waals surface area (Å²) >= 11 is 20.4. The Morgan fingerprint density at radius 2 is 1.51 bits per heavy atom. The van der Waals surface area contributed by atoms with Gasteiger partial charge in [-0.3, -0.25) is 9.59 Å². The second-order valence-corrected chi connectivity index (χ2v) is 10.1. The highest BCUT2D eigenvalue weighted by Gasteiger charge is 2.30. The lowest BCUT2D eigenvalue weighted by atomic mass is 10.0. The molecule has 184 valence electrons. The first-order valence-corrected chi connectivity index (χ1v) is 13.5. The van der Waals surface area contributed by atoms with E-state index in [9.17, 15) is 9.59 Å². The number of likely N-dealkylation sites (N-methyl/N-ethyl adjacent to an activating group) is 1. The Balaban J connectivity index is 1.86. The Kier molecular flexibility index (Phi) is 10.8. The van der Waals surface area contributed by atoms with Crippen LogP contribution in [0.4, 0.5) is 0 Å². The first kappa shape index (κ1) is 27.4. The molecule has 0 radical (unpaired) electrons. The van der Waals surface area contributed by atoms with Gasteiger partial charge in [0.15, 0.2) is 0 Å². The summed E-state index contributed by atoms with van der Waals surface area (Å²) in [6.07, 6.45) is 0.393. The lowest BCUT2D eigenvalue weighted by Crippen LogP contribution is -2.51. The Hall–Kier alpha value is -2.18. The SMILES string of the molecule is CCNC(=O)[C@H](Cc1ccccc1)N(Cc1ccccc1Cl)C(=O)CSCc1c(Cl)cccc1Cl. The number of thioether (sulfide) groups is 1. The Labute approximate surface area is 225 Å². The fourth-order valence-electron chi connectivity index (χ4n) is 3.65. The molecule has 0 aliphatic rings. The van der Waals surface area contributed by atoms with Crippen molar-refractivity contribution >= 4 is 58.4 Å². The number of hydrogen-bond acceptors (Lipinski definition) is 3. The highest BCUT2D eigenvalue weighted by molar-refractivity contribution is 7.99. The summed E-state index contributed by atoms with van der Waals surface area (Å²) in [7, 11) is 0. The summed E-state index contributed by atoms with van der Waals surface area (Å²) in [4.78, 5) is 28.4. The van der Waals surface area contributed by atoms with Gasteiger partial charge in [0, 0.05) is 40.3 Å². The molecule has 35 heavy (non-hydrogen) atoms. The lowest BCUT2D eigenvalue weighted by molar-refractivity contribution is -0.139. The normalized spacial score (nSPS) is 11.7. The van der Waals surface area contributed by atoms with E-state index < -0.39 is 6.04 Å². The second kappa shape index (κ2) is 13.8. The predicted molar refractivity (Wildman–Crippen MR) is 147 cm³/mol. The third kappa shape index (κ3) is 7.91. The van der Waals surface area contributed by atoms with Crippen molar-refractivity contribution in [3.8, 4) is 0 Å². The maximum Gasteiger partial charge on any atom is 0.243 e. The number of amides is 2. The van der Waals surface area contributed by atoms with E-state index in [2.05, 4.69) is 5.32 Å². The summed E-state index contributed by atoms with van der Waals surface area (Å²) in [5.74, 6) is 0.284. The molecule has 3 aromatic rings. The van der Waals surface area contributed by atoms with Crippen molar-refractivity contribution in [2.75, 3.05) is 12.3 Å². The standard InChI is InChI=1S/C27H27Cl3N2O2S/c1-2-31-27(34)25(15-19-9-4-3-5-10-19)32(16-20-11-6-7-12-22(20)28)26(33)18-35-17-21-23(29)13-8-14-24(21)30/h3-14,25H,2,15-18H2,1H3,(H,31,34)/t25-/m0/s1. The van der Waals surface area contributed by atoms with E-state index in [0.717, 1.165) is 16.7 Å². The van der Waals surface area contributed by atoms with Crippen LogP contribution in [0.5, 0.6) is 0 Å². The number of carbonyl (C=O) groups excluding carboxylic acids is 2. The molecule has 0 heterocycles. The van der Waals surface area contributed by atoms with Gasteiger partial charge in [0.2, 0.25) is 11.8 Å². The highest BCUT2D eigenvalue weighted by Crippen LogP contribution is 2.29. The van der Waals surface area contributed by atoms with Crippen molar-refractivity contribution in [1.82, 2.24) is 10.2 Å². The molecule has 0 unspecified atom stereocenters. The van der Waals surface area contributed by atoms with E-state index in [-0.39, 0.29) is 24.1 Å². The molecule has 3 rings (SSSR count). The van der Waals surface area contributed by atoms with Crippen LogP contribution in [-0.4, -0.2) is 35.1 Å². The molecule has 0 aliphatic carbocycles. The number of nitrogens with zero attached hydrogens (tertiary/aromatic N) is 1. The minimum absolute atomic E-state index is 0.162. The van der Waals surface area contributed by atoms with Gasteiger partial charge >= 0.3 is 0 Å². The second-order valence-electron chi connectivity index (χ2n) is 7.91. The van der Waals surface area contributed by atoms with Crippen LogP contribution in [0.3, 0.4) is 0 Å². The molecule has 0 aliphatic heterocycles. The van der Waals surface area contributed by atoms with E-state index in [4.69, 9.17) is 34.8 Å². The van der Waals surface area contributed by atoms with Crippen LogP contribution in [0.15, 0.2) is 72.8 Å². The minimum atomic E-state index is -0.689. The Morgan fingerprint density at radius 3 is 2.17 bits per heavy atom. The zero-order valence-electron chi connectivity index (χ0n) is 19.3. The number of carbonyl (C=O) groups is 2. The molecular weight excluding hydrogens is 523 g/mol. The lowest BCUT2D eigenvalue weighted by Gasteiger charge is -2.31. The monoisotopic (exact) mass is 548 g/mol. The molecule has 1 atom stereocenters. The van der Waals surface area contributed by atoms with Crippen LogP contribution < -0.4 is 5.32 Å². The van der Waals surface area contributed by atoms with E-state index in [1.165, 1.54) is 11.8 Å². The third-order valence-corrected chi connectivity index (χ3v) is 7.48. The largest absolute Gasteiger partial charge is 0.355 e. The molecule has 2 amide bonds. The number of rotatable bonds is 11. The first-order valence-electron chi connectivity index (χ1n) is 11.3. The molecule has 0 saturated carbocycles. The molecule has 0 bridgehead atoms. The first-order chi connectivity index (χ1) is 16.9. The van der Waals surface area contributed by atoms with Gasteiger partial charge in [-0.15, -0.1) is 11.8 Å². The van der Waals surface area contributed by atoms with Crippen LogP contribution in [0.2, 0.25) is 15.1 Å². The zero-order valence-corrected chi connectivity index (χ0v) is 22.4. The van der Waals surface area contributed by atoms with Crippen molar-refractivity contribution < 1.29 is 9.59 Å². The van der Waals surface area contributed by atoms with Gasteiger partial charge in [-0.1, -0.05) is 89.4 Å². The van der Waals surface area contributed by atoms with Gasteiger partial charge in [-0.25, -0.2) is 0 Å². The molecule has 0 fully saturated rings. The fourth-order valence-corrected chi connectivity index (χ4v) is 5.49. The van der Waals surface area contributed by atoms with Crippen molar-refractivity contribution in [1.29, 1.82) is 0 Å². The third-order valence-electron chi connectivity index (χ3n) is 5.45. The molecular formula is C27H27Cl3N2O2S. The molecule has 1 N–H and O–H groups in total. The van der Waals surface area contributed by atoms with Crippen LogP contribution >= 0.6 is 46.6 Å². The van der Waals surface area contributed by atoms with Crippen LogP contribution in [0.25, 0.3) is 0 Å². The van der Waals surface area contributed by atoms with Crippen molar-refractivity contribution in [2.24, 2.45) is 0 Å². The molecule has 4 nitrogen and oxygen atoms in total. The smallest absolute Gasteiger partial charge is 0.243 e. The maximum absolute atomic E-state index is 13.6. The van der Waals surface area contributed by atoms with E-state index in [1.54, 1.807) is 29.2 Å². The van der Waals surface area contributed by atoms with Crippen molar-refractivity contribution in [3.05, 3.63) is 105 Å². The molecule has 0 aromatic heterocycles. The van der Waals surface area contributed by atoms with Crippen molar-refractivity contribution in [3.63, 3.8) is 0 Å².